The molecule has 0 radical (unpaired) electrons. The number of phenolic OH excluding ortho intramolecular Hbond substituents is 2. The van der Waals surface area contributed by atoms with Gasteiger partial charge in [0.1, 0.15) is 0 Å². The number of phenols is 2. The van der Waals surface area contributed by atoms with Gasteiger partial charge in [0.15, 0.2) is 11.5 Å². The first kappa shape index (κ1) is 13.3. The lowest BCUT2D eigenvalue weighted by Gasteiger charge is -2.18. The fourth-order valence-corrected chi connectivity index (χ4v) is 2.41. The Morgan fingerprint density at radius 3 is 2.76 bits per heavy atom. The normalized spacial score (nSPS) is 13.1. The summed E-state index contributed by atoms with van der Waals surface area (Å²) in [7, 11) is 0. The fourth-order valence-electron chi connectivity index (χ4n) is 2.41. The Bertz CT molecular complexity index is 698. The summed E-state index contributed by atoms with van der Waals surface area (Å²) in [4.78, 5) is 12.1. The molecular weight excluding hydrogens is 268 g/mol. The van der Waals surface area contributed by atoms with E-state index < -0.39 is 0 Å². The first-order chi connectivity index (χ1) is 10.1. The van der Waals surface area contributed by atoms with Gasteiger partial charge in [-0.25, -0.2) is 0 Å². The number of aryl methyl sites for hydroxylation is 1. The van der Waals surface area contributed by atoms with Crippen LogP contribution in [0, 0.1) is 0 Å². The molecule has 0 saturated carbocycles. The van der Waals surface area contributed by atoms with Crippen molar-refractivity contribution in [1.29, 1.82) is 0 Å². The lowest BCUT2D eigenvalue weighted by Crippen LogP contribution is -2.14. The summed E-state index contributed by atoms with van der Waals surface area (Å²) in [5, 5.41) is 24.8. The average molecular weight is 284 g/mol. The number of amides is 1. The highest BCUT2D eigenvalue weighted by molar-refractivity contribution is 6.04. The van der Waals surface area contributed by atoms with Gasteiger partial charge < -0.3 is 20.8 Å². The van der Waals surface area contributed by atoms with Crippen molar-refractivity contribution in [3.63, 3.8) is 0 Å². The van der Waals surface area contributed by atoms with Gasteiger partial charge in [0.2, 0.25) is 0 Å². The average Bonchev–Trinajstić information content (AvgIpc) is 2.50. The number of rotatable bonds is 2. The highest BCUT2D eigenvalue weighted by atomic mass is 16.3. The number of hydrogen-bond donors (Lipinski definition) is 4. The van der Waals surface area contributed by atoms with Crippen LogP contribution in [0.5, 0.6) is 11.5 Å². The fraction of sp³-hybridized carbons (Fsp3) is 0.188. The van der Waals surface area contributed by atoms with E-state index in [4.69, 9.17) is 0 Å². The van der Waals surface area contributed by atoms with Crippen molar-refractivity contribution in [3.8, 4) is 11.5 Å². The second-order valence-corrected chi connectivity index (χ2v) is 5.06. The molecule has 5 nitrogen and oxygen atoms in total. The molecular formula is C16H16N2O3. The minimum atomic E-state index is -0.332. The molecule has 2 aromatic carbocycles. The molecule has 0 aromatic heterocycles. The number of benzene rings is 2. The molecule has 0 unspecified atom stereocenters. The molecule has 4 N–H and O–H groups in total. The van der Waals surface area contributed by atoms with Crippen LogP contribution in [0.4, 0.5) is 11.4 Å². The first-order valence-electron chi connectivity index (χ1n) is 6.83. The molecule has 0 bridgehead atoms. The number of anilines is 2. The molecule has 21 heavy (non-hydrogen) atoms. The summed E-state index contributed by atoms with van der Waals surface area (Å²) >= 11 is 0. The summed E-state index contributed by atoms with van der Waals surface area (Å²) in [5.41, 5.74) is 3.28. The second-order valence-electron chi connectivity index (χ2n) is 5.06. The predicted molar refractivity (Wildman–Crippen MR) is 81.0 cm³/mol. The Kier molecular flexibility index (Phi) is 3.39. The van der Waals surface area contributed by atoms with Gasteiger partial charge in [-0.05, 0) is 48.7 Å². The van der Waals surface area contributed by atoms with Crippen LogP contribution in [0.2, 0.25) is 0 Å². The van der Waals surface area contributed by atoms with Crippen LogP contribution >= 0.6 is 0 Å². The maximum absolute atomic E-state index is 12.1. The van der Waals surface area contributed by atoms with E-state index in [9.17, 15) is 15.0 Å². The molecule has 0 saturated heterocycles. The zero-order valence-electron chi connectivity index (χ0n) is 11.4. The third-order valence-corrected chi connectivity index (χ3v) is 3.54. The van der Waals surface area contributed by atoms with E-state index in [1.54, 1.807) is 0 Å². The van der Waals surface area contributed by atoms with Crippen LogP contribution in [-0.4, -0.2) is 22.7 Å². The Morgan fingerprint density at radius 1 is 1.10 bits per heavy atom. The summed E-state index contributed by atoms with van der Waals surface area (Å²) in [6, 6.07) is 9.77. The van der Waals surface area contributed by atoms with Crippen LogP contribution in [0.3, 0.4) is 0 Å². The van der Waals surface area contributed by atoms with Crippen LogP contribution in [0.1, 0.15) is 22.3 Å². The van der Waals surface area contributed by atoms with Gasteiger partial charge in [0.05, 0.1) is 0 Å². The Balaban J connectivity index is 1.79. The van der Waals surface area contributed by atoms with Crippen molar-refractivity contribution < 1.29 is 15.0 Å². The SMILES string of the molecule is O=C(Nc1ccc2c(c1)NCCC2)c1ccc(O)c(O)c1. The largest absolute Gasteiger partial charge is 0.504 e. The van der Waals surface area contributed by atoms with Crippen molar-refractivity contribution in [2.75, 3.05) is 17.2 Å². The monoisotopic (exact) mass is 284 g/mol. The molecule has 0 aliphatic carbocycles. The molecule has 2 aromatic rings. The lowest BCUT2D eigenvalue weighted by atomic mass is 10.0. The van der Waals surface area contributed by atoms with E-state index in [2.05, 4.69) is 10.6 Å². The number of carbonyl (C=O) groups excluding carboxylic acids is 1. The summed E-state index contributed by atoms with van der Waals surface area (Å²) in [5.74, 6) is -0.889. The topological polar surface area (TPSA) is 81.6 Å². The van der Waals surface area contributed by atoms with E-state index in [0.29, 0.717) is 5.69 Å². The summed E-state index contributed by atoms with van der Waals surface area (Å²) < 4.78 is 0. The van der Waals surface area contributed by atoms with Crippen molar-refractivity contribution >= 4 is 17.3 Å². The molecule has 0 fully saturated rings. The third kappa shape index (κ3) is 2.76. The van der Waals surface area contributed by atoms with Gasteiger partial charge in [0.25, 0.3) is 5.91 Å². The molecule has 5 heteroatoms. The molecule has 1 aliphatic rings. The maximum atomic E-state index is 12.1. The zero-order valence-corrected chi connectivity index (χ0v) is 11.4. The molecule has 1 aliphatic heterocycles. The zero-order chi connectivity index (χ0) is 14.8. The first-order valence-corrected chi connectivity index (χ1v) is 6.83. The maximum Gasteiger partial charge on any atom is 0.255 e. The number of aromatic hydroxyl groups is 2. The number of carbonyl (C=O) groups is 1. The Labute approximate surface area is 122 Å². The van der Waals surface area contributed by atoms with Crippen molar-refractivity contribution in [1.82, 2.24) is 0 Å². The summed E-state index contributed by atoms with van der Waals surface area (Å²) in [6.07, 6.45) is 2.16. The van der Waals surface area contributed by atoms with E-state index in [1.807, 2.05) is 18.2 Å². The minimum Gasteiger partial charge on any atom is -0.504 e. The number of fused-ring (bicyclic) bond motifs is 1. The van der Waals surface area contributed by atoms with E-state index in [0.717, 1.165) is 25.1 Å². The van der Waals surface area contributed by atoms with Gasteiger partial charge in [-0.3, -0.25) is 4.79 Å². The van der Waals surface area contributed by atoms with Crippen molar-refractivity contribution in [2.45, 2.75) is 12.8 Å². The predicted octanol–water partition coefficient (Wildman–Crippen LogP) is 2.71. The van der Waals surface area contributed by atoms with Gasteiger partial charge in [-0.15, -0.1) is 0 Å². The highest BCUT2D eigenvalue weighted by Crippen LogP contribution is 2.27. The van der Waals surface area contributed by atoms with Gasteiger partial charge in [0, 0.05) is 23.5 Å². The molecule has 0 spiro atoms. The Hall–Kier alpha value is -2.69. The molecule has 0 atom stereocenters. The molecule has 1 amide bonds. The minimum absolute atomic E-state index is 0.246. The van der Waals surface area contributed by atoms with Crippen LogP contribution in [0.25, 0.3) is 0 Å². The van der Waals surface area contributed by atoms with E-state index >= 15 is 0 Å². The molecule has 108 valence electrons. The highest BCUT2D eigenvalue weighted by Gasteiger charge is 2.12. The smallest absolute Gasteiger partial charge is 0.255 e. The Morgan fingerprint density at radius 2 is 1.95 bits per heavy atom. The number of hydrogen-bond acceptors (Lipinski definition) is 4. The molecule has 1 heterocycles. The standard InChI is InChI=1S/C16H16N2O3/c19-14-6-4-11(8-15(14)20)16(21)18-12-5-3-10-2-1-7-17-13(10)9-12/h3-6,8-9,17,19-20H,1-2,7H2,(H,18,21). The quantitative estimate of drug-likeness (QED) is 0.639. The van der Waals surface area contributed by atoms with Crippen LogP contribution < -0.4 is 10.6 Å². The second kappa shape index (κ2) is 5.36. The van der Waals surface area contributed by atoms with Crippen molar-refractivity contribution in [2.24, 2.45) is 0 Å². The van der Waals surface area contributed by atoms with Gasteiger partial charge >= 0.3 is 0 Å². The van der Waals surface area contributed by atoms with Gasteiger partial charge in [-0.1, -0.05) is 6.07 Å². The van der Waals surface area contributed by atoms with Crippen LogP contribution in [-0.2, 0) is 6.42 Å². The van der Waals surface area contributed by atoms with E-state index in [1.165, 1.54) is 23.8 Å². The van der Waals surface area contributed by atoms with Crippen molar-refractivity contribution in [3.05, 3.63) is 47.5 Å². The summed E-state index contributed by atoms with van der Waals surface area (Å²) in [6.45, 7) is 0.941. The lowest BCUT2D eigenvalue weighted by molar-refractivity contribution is 0.102. The number of nitrogens with one attached hydrogen (secondary N) is 2. The van der Waals surface area contributed by atoms with Gasteiger partial charge in [-0.2, -0.15) is 0 Å². The van der Waals surface area contributed by atoms with Crippen LogP contribution in [0.15, 0.2) is 36.4 Å². The third-order valence-electron chi connectivity index (χ3n) is 3.54. The van der Waals surface area contributed by atoms with E-state index in [-0.39, 0.29) is 23.0 Å². The molecule has 3 rings (SSSR count).